The summed E-state index contributed by atoms with van der Waals surface area (Å²) >= 11 is 0. The maximum absolute atomic E-state index is 12.0. The second kappa shape index (κ2) is 7.77. The van der Waals surface area contributed by atoms with Gasteiger partial charge >= 0.3 is 0 Å². The van der Waals surface area contributed by atoms with Crippen LogP contribution in [0.15, 0.2) is 66.7 Å². The van der Waals surface area contributed by atoms with Gasteiger partial charge in [-0.2, -0.15) is 0 Å². The van der Waals surface area contributed by atoms with Crippen molar-refractivity contribution in [2.75, 3.05) is 7.11 Å². The minimum atomic E-state index is -0.265. The number of hydrogen-bond acceptors (Lipinski definition) is 2. The van der Waals surface area contributed by atoms with Crippen LogP contribution in [0.25, 0.3) is 0 Å². The van der Waals surface area contributed by atoms with E-state index >= 15 is 0 Å². The van der Waals surface area contributed by atoms with Crippen LogP contribution in [-0.2, 0) is 10.2 Å². The summed E-state index contributed by atoms with van der Waals surface area (Å²) in [5.41, 5.74) is 2.08. The van der Waals surface area contributed by atoms with Crippen molar-refractivity contribution in [3.8, 4) is 5.75 Å². The number of ketones is 1. The van der Waals surface area contributed by atoms with E-state index in [4.69, 9.17) is 4.74 Å². The van der Waals surface area contributed by atoms with Gasteiger partial charge < -0.3 is 4.74 Å². The molecule has 2 aromatic rings. The van der Waals surface area contributed by atoms with Crippen molar-refractivity contribution in [1.82, 2.24) is 0 Å². The quantitative estimate of drug-likeness (QED) is 0.804. The maximum Gasteiger partial charge on any atom is 0.156 e. The zero-order valence-corrected chi connectivity index (χ0v) is 14.1. The number of hydrogen-bond donors (Lipinski definition) is 0. The Morgan fingerprint density at radius 1 is 0.913 bits per heavy atom. The highest BCUT2D eigenvalue weighted by atomic mass is 16.5. The second-order valence-electron chi connectivity index (χ2n) is 5.43. The van der Waals surface area contributed by atoms with Gasteiger partial charge in [0.15, 0.2) is 5.78 Å². The molecule has 120 valence electrons. The zero-order chi connectivity index (χ0) is 16.7. The first-order valence-electron chi connectivity index (χ1n) is 8.14. The molecule has 0 saturated carbocycles. The van der Waals surface area contributed by atoms with E-state index in [1.807, 2.05) is 50.3 Å². The average molecular weight is 308 g/mol. The van der Waals surface area contributed by atoms with Crippen molar-refractivity contribution < 1.29 is 9.53 Å². The molecule has 1 aliphatic rings. The normalized spacial score (nSPS) is 19.7. The van der Waals surface area contributed by atoms with Crippen molar-refractivity contribution in [3.63, 3.8) is 0 Å². The summed E-state index contributed by atoms with van der Waals surface area (Å²) in [6, 6.07) is 18.3. The van der Waals surface area contributed by atoms with Gasteiger partial charge in [0, 0.05) is 11.8 Å². The Balaban J connectivity index is 0.000000924. The first kappa shape index (κ1) is 17.0. The Labute approximate surface area is 138 Å². The molecule has 0 fully saturated rings. The Kier molecular flexibility index (Phi) is 5.75. The third-order valence-electron chi connectivity index (χ3n) is 4.22. The number of benzene rings is 2. The van der Waals surface area contributed by atoms with Crippen molar-refractivity contribution in [2.24, 2.45) is 0 Å². The van der Waals surface area contributed by atoms with E-state index in [-0.39, 0.29) is 11.2 Å². The van der Waals surface area contributed by atoms with E-state index in [9.17, 15) is 4.79 Å². The fraction of sp³-hybridized carbons (Fsp3) is 0.286. The molecule has 1 unspecified atom stereocenters. The van der Waals surface area contributed by atoms with Crippen molar-refractivity contribution in [2.45, 2.75) is 32.1 Å². The van der Waals surface area contributed by atoms with E-state index < -0.39 is 0 Å². The Bertz CT molecular complexity index is 656. The Morgan fingerprint density at radius 2 is 1.52 bits per heavy atom. The third-order valence-corrected chi connectivity index (χ3v) is 4.22. The summed E-state index contributed by atoms with van der Waals surface area (Å²) in [6.45, 7) is 4.00. The fourth-order valence-corrected chi connectivity index (χ4v) is 3.09. The number of carbonyl (C=O) groups is 1. The lowest BCUT2D eigenvalue weighted by molar-refractivity contribution is -0.115. The summed E-state index contributed by atoms with van der Waals surface area (Å²) in [5.74, 6) is 1.01. The summed E-state index contributed by atoms with van der Waals surface area (Å²) in [6.07, 6.45) is 5.04. The predicted molar refractivity (Wildman–Crippen MR) is 94.9 cm³/mol. The molecule has 0 N–H and O–H groups in total. The number of methoxy groups -OCH3 is 1. The predicted octanol–water partition coefficient (Wildman–Crippen LogP) is 4.93. The lowest BCUT2D eigenvalue weighted by Crippen LogP contribution is -2.32. The van der Waals surface area contributed by atoms with Gasteiger partial charge in [0.25, 0.3) is 0 Å². The van der Waals surface area contributed by atoms with E-state index in [1.165, 1.54) is 5.56 Å². The van der Waals surface area contributed by atoms with E-state index in [2.05, 4.69) is 24.3 Å². The van der Waals surface area contributed by atoms with Gasteiger partial charge in [0.1, 0.15) is 5.75 Å². The molecule has 0 saturated heterocycles. The maximum atomic E-state index is 12.0. The number of carbonyl (C=O) groups excluding carboxylic acids is 1. The van der Waals surface area contributed by atoms with Crippen LogP contribution in [-0.4, -0.2) is 12.9 Å². The highest BCUT2D eigenvalue weighted by molar-refractivity contribution is 5.92. The highest BCUT2D eigenvalue weighted by Gasteiger charge is 2.36. The molecule has 1 aliphatic carbocycles. The van der Waals surface area contributed by atoms with Crippen LogP contribution >= 0.6 is 0 Å². The molecule has 2 aromatic carbocycles. The number of rotatable bonds is 3. The lowest BCUT2D eigenvalue weighted by atomic mass is 9.67. The summed E-state index contributed by atoms with van der Waals surface area (Å²) in [5, 5.41) is 0. The lowest BCUT2D eigenvalue weighted by Gasteiger charge is -2.35. The minimum absolute atomic E-state index is 0.181. The van der Waals surface area contributed by atoms with Gasteiger partial charge in [-0.1, -0.05) is 62.4 Å². The first-order chi connectivity index (χ1) is 11.2. The molecule has 2 nitrogen and oxygen atoms in total. The SMILES string of the molecule is CC.COc1ccc(C2(c3ccccc3)CC=CC(=O)C2)cc1. The highest BCUT2D eigenvalue weighted by Crippen LogP contribution is 2.42. The molecule has 0 spiro atoms. The van der Waals surface area contributed by atoms with Gasteiger partial charge in [-0.25, -0.2) is 0 Å². The van der Waals surface area contributed by atoms with Crippen LogP contribution in [0, 0.1) is 0 Å². The summed E-state index contributed by atoms with van der Waals surface area (Å²) in [4.78, 5) is 12.0. The van der Waals surface area contributed by atoms with Crippen LogP contribution in [0.2, 0.25) is 0 Å². The zero-order valence-electron chi connectivity index (χ0n) is 14.1. The van der Waals surface area contributed by atoms with Gasteiger partial charge in [0.05, 0.1) is 7.11 Å². The Hall–Kier alpha value is -2.35. The Morgan fingerprint density at radius 3 is 2.09 bits per heavy atom. The molecule has 0 amide bonds. The molecule has 23 heavy (non-hydrogen) atoms. The molecule has 0 aliphatic heterocycles. The molecule has 2 heteroatoms. The first-order valence-corrected chi connectivity index (χ1v) is 8.14. The molecular weight excluding hydrogens is 284 g/mol. The number of allylic oxidation sites excluding steroid dienone is 2. The molecule has 0 heterocycles. The van der Waals surface area contributed by atoms with Crippen molar-refractivity contribution in [1.29, 1.82) is 0 Å². The van der Waals surface area contributed by atoms with Crippen LogP contribution < -0.4 is 4.74 Å². The molecule has 0 aromatic heterocycles. The molecule has 0 bridgehead atoms. The summed E-state index contributed by atoms with van der Waals surface area (Å²) < 4.78 is 5.24. The molecule has 1 atom stereocenters. The van der Waals surface area contributed by atoms with Gasteiger partial charge in [-0.15, -0.1) is 0 Å². The molecular formula is C21H24O2. The van der Waals surface area contributed by atoms with Crippen LogP contribution in [0.3, 0.4) is 0 Å². The number of ether oxygens (including phenoxy) is 1. The fourth-order valence-electron chi connectivity index (χ4n) is 3.09. The largest absolute Gasteiger partial charge is 0.497 e. The van der Waals surface area contributed by atoms with Crippen LogP contribution in [0.4, 0.5) is 0 Å². The molecule has 3 rings (SSSR count). The second-order valence-corrected chi connectivity index (χ2v) is 5.43. The topological polar surface area (TPSA) is 26.3 Å². The van der Waals surface area contributed by atoms with Crippen LogP contribution in [0.5, 0.6) is 5.75 Å². The van der Waals surface area contributed by atoms with Gasteiger partial charge in [0.2, 0.25) is 0 Å². The monoisotopic (exact) mass is 308 g/mol. The third kappa shape index (κ3) is 3.53. The average Bonchev–Trinajstić information content (AvgIpc) is 2.64. The van der Waals surface area contributed by atoms with Crippen molar-refractivity contribution >= 4 is 5.78 Å². The minimum Gasteiger partial charge on any atom is -0.497 e. The smallest absolute Gasteiger partial charge is 0.156 e. The van der Waals surface area contributed by atoms with Gasteiger partial charge in [-0.05, 0) is 35.8 Å². The van der Waals surface area contributed by atoms with E-state index in [1.54, 1.807) is 13.2 Å². The van der Waals surface area contributed by atoms with E-state index in [0.29, 0.717) is 6.42 Å². The standard InChI is InChI=1S/C19H18O2.C2H6/c1-21-18-11-9-16(10-12-18)19(13-5-8-17(20)14-19)15-6-3-2-4-7-15;1-2/h2-12H,13-14H2,1H3;1-2H3. The van der Waals surface area contributed by atoms with E-state index in [0.717, 1.165) is 17.7 Å². The van der Waals surface area contributed by atoms with Crippen molar-refractivity contribution in [3.05, 3.63) is 77.9 Å². The summed E-state index contributed by atoms with van der Waals surface area (Å²) in [7, 11) is 1.66. The van der Waals surface area contributed by atoms with Crippen LogP contribution in [0.1, 0.15) is 37.8 Å². The van der Waals surface area contributed by atoms with Gasteiger partial charge in [-0.3, -0.25) is 4.79 Å². The molecule has 0 radical (unpaired) electrons.